The van der Waals surface area contributed by atoms with E-state index >= 15 is 0 Å². The maximum Gasteiger partial charge on any atom is 0.243 e. The number of imidazole rings is 1. The van der Waals surface area contributed by atoms with E-state index in [1.807, 2.05) is 6.07 Å². The van der Waals surface area contributed by atoms with Crippen LogP contribution in [0.25, 0.3) is 11.0 Å². The van der Waals surface area contributed by atoms with E-state index in [2.05, 4.69) is 42.7 Å². The van der Waals surface area contributed by atoms with Gasteiger partial charge in [0.1, 0.15) is 0 Å². The maximum atomic E-state index is 13.4. The molecule has 3 aromatic rings. The van der Waals surface area contributed by atoms with E-state index < -0.39 is 10.0 Å². The molecule has 0 bridgehead atoms. The smallest absolute Gasteiger partial charge is 0.243 e. The predicted molar refractivity (Wildman–Crippen MR) is 140 cm³/mol. The number of benzene rings is 2. The summed E-state index contributed by atoms with van der Waals surface area (Å²) in [4.78, 5) is 5.36. The fraction of sp³-hybridized carbons (Fsp3) is 0.519. The lowest BCUT2D eigenvalue weighted by molar-refractivity contribution is 0.281. The third-order valence-electron chi connectivity index (χ3n) is 7.38. The molecule has 2 fully saturated rings. The molecule has 7 heteroatoms. The van der Waals surface area contributed by atoms with Crippen molar-refractivity contribution < 1.29 is 8.42 Å². The van der Waals surface area contributed by atoms with Crippen LogP contribution in [0.15, 0.2) is 52.5 Å². The van der Waals surface area contributed by atoms with E-state index in [1.165, 1.54) is 24.0 Å². The molecular formula is C27H35N3O2S2. The third-order valence-corrected chi connectivity index (χ3v) is 10.3. The quantitative estimate of drug-likeness (QED) is 0.353. The molecule has 34 heavy (non-hydrogen) atoms. The minimum absolute atomic E-state index is 0.372. The molecule has 2 aromatic carbocycles. The van der Waals surface area contributed by atoms with Crippen molar-refractivity contribution in [1.29, 1.82) is 0 Å². The molecule has 0 radical (unpaired) electrons. The lowest BCUT2D eigenvalue weighted by Gasteiger charge is -2.30. The van der Waals surface area contributed by atoms with Gasteiger partial charge in [0.15, 0.2) is 5.16 Å². The van der Waals surface area contributed by atoms with Gasteiger partial charge in [0, 0.05) is 24.9 Å². The van der Waals surface area contributed by atoms with Gasteiger partial charge < -0.3 is 4.57 Å². The van der Waals surface area contributed by atoms with E-state index in [9.17, 15) is 8.42 Å². The lowest BCUT2D eigenvalue weighted by atomic mass is 10.0. The minimum atomic E-state index is -3.49. The average Bonchev–Trinajstić information content (AvgIpc) is 3.50. The van der Waals surface area contributed by atoms with Crippen LogP contribution in [0.1, 0.15) is 69.5 Å². The summed E-state index contributed by atoms with van der Waals surface area (Å²) in [5, 5.41) is 1.00. The lowest BCUT2D eigenvalue weighted by Crippen LogP contribution is -2.39. The number of sulfonamides is 1. The molecule has 2 heterocycles. The van der Waals surface area contributed by atoms with Gasteiger partial charge in [0.2, 0.25) is 10.0 Å². The Morgan fingerprint density at radius 2 is 1.74 bits per heavy atom. The van der Waals surface area contributed by atoms with Crippen molar-refractivity contribution in [1.82, 2.24) is 13.9 Å². The van der Waals surface area contributed by atoms with Gasteiger partial charge in [0.05, 0.1) is 15.9 Å². The SMILES string of the molecule is CCc1ccc(CSc2nc3cc(S(=O)(=O)N4CCC[C@@H](C)C4)ccc3n2C2CCCC2)cc1. The molecule has 5 rings (SSSR count). The highest BCUT2D eigenvalue weighted by Gasteiger charge is 2.30. The first-order chi connectivity index (χ1) is 16.5. The van der Waals surface area contributed by atoms with Crippen molar-refractivity contribution in [3.8, 4) is 0 Å². The summed E-state index contributed by atoms with van der Waals surface area (Å²) in [5.74, 6) is 1.26. The molecule has 2 aliphatic rings. The normalized spacial score (nSPS) is 20.4. The topological polar surface area (TPSA) is 55.2 Å². The van der Waals surface area contributed by atoms with Crippen LogP contribution in [-0.2, 0) is 22.2 Å². The van der Waals surface area contributed by atoms with Crippen LogP contribution in [-0.4, -0.2) is 35.4 Å². The molecule has 0 N–H and O–H groups in total. The zero-order valence-corrected chi connectivity index (χ0v) is 21.9. The van der Waals surface area contributed by atoms with Gasteiger partial charge in [-0.2, -0.15) is 4.31 Å². The molecule has 1 atom stereocenters. The highest BCUT2D eigenvalue weighted by molar-refractivity contribution is 7.98. The Kier molecular flexibility index (Phi) is 7.05. The minimum Gasteiger partial charge on any atom is -0.316 e. The summed E-state index contributed by atoms with van der Waals surface area (Å²) < 4.78 is 30.8. The van der Waals surface area contributed by atoms with Crippen molar-refractivity contribution in [2.75, 3.05) is 13.1 Å². The Balaban J connectivity index is 1.47. The van der Waals surface area contributed by atoms with Gasteiger partial charge in [-0.25, -0.2) is 13.4 Å². The summed E-state index contributed by atoms with van der Waals surface area (Å²) in [7, 11) is -3.49. The molecular weight excluding hydrogens is 462 g/mol. The van der Waals surface area contributed by atoms with Crippen molar-refractivity contribution in [2.24, 2.45) is 5.92 Å². The number of rotatable bonds is 7. The highest BCUT2D eigenvalue weighted by Crippen LogP contribution is 2.38. The van der Waals surface area contributed by atoms with Crippen molar-refractivity contribution in [2.45, 2.75) is 80.6 Å². The van der Waals surface area contributed by atoms with Crippen molar-refractivity contribution in [3.63, 3.8) is 0 Å². The largest absolute Gasteiger partial charge is 0.316 e. The van der Waals surface area contributed by atoms with Gasteiger partial charge >= 0.3 is 0 Å². The van der Waals surface area contributed by atoms with E-state index in [0.717, 1.165) is 54.0 Å². The van der Waals surface area contributed by atoms with E-state index in [0.29, 0.717) is 29.9 Å². The number of thioether (sulfide) groups is 1. The molecule has 1 aliphatic heterocycles. The van der Waals surface area contributed by atoms with Gasteiger partial charge in [0.25, 0.3) is 0 Å². The summed E-state index contributed by atoms with van der Waals surface area (Å²) in [6.45, 7) is 5.52. The van der Waals surface area contributed by atoms with Crippen LogP contribution in [0.2, 0.25) is 0 Å². The van der Waals surface area contributed by atoms with E-state index in [-0.39, 0.29) is 0 Å². The van der Waals surface area contributed by atoms with Crippen molar-refractivity contribution >= 4 is 32.8 Å². The number of aryl methyl sites for hydroxylation is 1. The van der Waals surface area contributed by atoms with Crippen LogP contribution < -0.4 is 0 Å². The standard InChI is InChI=1S/C27H35N3O2S2/c1-3-21-10-12-22(13-11-21)19-33-27-28-25-17-24(34(31,32)29-16-6-7-20(2)18-29)14-15-26(25)30(27)23-8-4-5-9-23/h10-15,17,20,23H,3-9,16,18-19H2,1-2H3/t20-/m1/s1. The van der Waals surface area contributed by atoms with Gasteiger partial charge in [-0.3, -0.25) is 0 Å². The highest BCUT2D eigenvalue weighted by atomic mass is 32.2. The fourth-order valence-electron chi connectivity index (χ4n) is 5.37. The molecule has 182 valence electrons. The second kappa shape index (κ2) is 10.0. The Morgan fingerprint density at radius 1 is 1.00 bits per heavy atom. The number of aromatic nitrogens is 2. The zero-order chi connectivity index (χ0) is 23.7. The monoisotopic (exact) mass is 497 g/mol. The summed E-state index contributed by atoms with van der Waals surface area (Å²) in [6, 6.07) is 14.8. The summed E-state index contributed by atoms with van der Waals surface area (Å²) in [6.07, 6.45) is 7.88. The number of hydrogen-bond acceptors (Lipinski definition) is 4. The molecule has 1 aliphatic carbocycles. The Hall–Kier alpha value is -1.83. The van der Waals surface area contributed by atoms with Gasteiger partial charge in [-0.1, -0.05) is 62.7 Å². The Bertz CT molecular complexity index is 1240. The molecule has 1 saturated heterocycles. The molecule has 1 saturated carbocycles. The van der Waals surface area contributed by atoms with Crippen LogP contribution in [0, 0.1) is 5.92 Å². The predicted octanol–water partition coefficient (Wildman–Crippen LogP) is 6.43. The average molecular weight is 498 g/mol. The third kappa shape index (κ3) is 4.79. The van der Waals surface area contributed by atoms with Crippen LogP contribution >= 0.6 is 11.8 Å². The van der Waals surface area contributed by atoms with Gasteiger partial charge in [-0.15, -0.1) is 0 Å². The van der Waals surface area contributed by atoms with E-state index in [1.54, 1.807) is 28.2 Å². The molecule has 0 spiro atoms. The first-order valence-corrected chi connectivity index (χ1v) is 15.1. The van der Waals surface area contributed by atoms with E-state index in [4.69, 9.17) is 4.98 Å². The maximum absolute atomic E-state index is 13.4. The first kappa shape index (κ1) is 23.9. The van der Waals surface area contributed by atoms with Crippen LogP contribution in [0.5, 0.6) is 0 Å². The van der Waals surface area contributed by atoms with Crippen molar-refractivity contribution in [3.05, 3.63) is 53.6 Å². The molecule has 1 aromatic heterocycles. The second-order valence-electron chi connectivity index (χ2n) is 9.92. The molecule has 0 unspecified atom stereocenters. The molecule has 0 amide bonds. The number of nitrogens with zero attached hydrogens (tertiary/aromatic N) is 3. The fourth-order valence-corrected chi connectivity index (χ4v) is 8.02. The first-order valence-electron chi connectivity index (χ1n) is 12.7. The number of fused-ring (bicyclic) bond motifs is 1. The zero-order valence-electron chi connectivity index (χ0n) is 20.2. The van der Waals surface area contributed by atoms with Gasteiger partial charge in [-0.05, 0) is 67.3 Å². The molecule has 5 nitrogen and oxygen atoms in total. The summed E-state index contributed by atoms with van der Waals surface area (Å²) >= 11 is 1.76. The van der Waals surface area contributed by atoms with Crippen LogP contribution in [0.3, 0.4) is 0 Å². The van der Waals surface area contributed by atoms with Crippen LogP contribution in [0.4, 0.5) is 0 Å². The second-order valence-corrected chi connectivity index (χ2v) is 12.8. The Labute approximate surface area is 208 Å². The number of hydrogen-bond donors (Lipinski definition) is 0. The Morgan fingerprint density at radius 3 is 2.44 bits per heavy atom. The summed E-state index contributed by atoms with van der Waals surface area (Å²) in [5.41, 5.74) is 4.49. The number of piperidine rings is 1.